The third kappa shape index (κ3) is 5.79. The van der Waals surface area contributed by atoms with E-state index in [1.54, 1.807) is 25.3 Å². The normalized spacial score (nSPS) is 12.4. The quantitative estimate of drug-likeness (QED) is 0.640. The number of benzene rings is 2. The van der Waals surface area contributed by atoms with Crippen LogP contribution in [0.15, 0.2) is 51.8 Å². The maximum Gasteiger partial charge on any atom is 0.241 e. The van der Waals surface area contributed by atoms with E-state index in [4.69, 9.17) is 4.74 Å². The highest BCUT2D eigenvalue weighted by molar-refractivity contribution is 9.10. The fourth-order valence-electron chi connectivity index (χ4n) is 2.62. The van der Waals surface area contributed by atoms with Gasteiger partial charge in [-0.1, -0.05) is 29.8 Å². The van der Waals surface area contributed by atoms with Crippen molar-refractivity contribution < 1.29 is 17.9 Å². The zero-order chi connectivity index (χ0) is 20.0. The van der Waals surface area contributed by atoms with Crippen LogP contribution in [0.2, 0.25) is 0 Å². The monoisotopic (exact) mass is 454 g/mol. The second-order valence-electron chi connectivity index (χ2n) is 6.11. The molecule has 0 aliphatic rings. The Kier molecular flexibility index (Phi) is 7.41. The number of rotatable bonds is 8. The standard InChI is InChI=1S/C19H23BrN2O4S/c1-13-8-9-17(26-3)15(12-13)14(2)22-19(23)10-11-21-27(24,25)18-7-5-4-6-16(18)20/h4-9,12,14,21H,10-11H2,1-3H3,(H,22,23)/t14-/m1/s1. The highest BCUT2D eigenvalue weighted by Crippen LogP contribution is 2.26. The number of carbonyl (C=O) groups is 1. The third-order valence-corrected chi connectivity index (χ3v) is 6.47. The molecule has 27 heavy (non-hydrogen) atoms. The molecule has 0 unspecified atom stereocenters. The Bertz CT molecular complexity index is 916. The molecule has 146 valence electrons. The summed E-state index contributed by atoms with van der Waals surface area (Å²) in [6.45, 7) is 3.83. The molecule has 0 fully saturated rings. The number of aryl methyl sites for hydroxylation is 1. The molecule has 0 aliphatic heterocycles. The van der Waals surface area contributed by atoms with Crippen molar-refractivity contribution in [2.75, 3.05) is 13.7 Å². The van der Waals surface area contributed by atoms with E-state index < -0.39 is 10.0 Å². The largest absolute Gasteiger partial charge is 0.496 e. The van der Waals surface area contributed by atoms with Gasteiger partial charge in [-0.25, -0.2) is 13.1 Å². The van der Waals surface area contributed by atoms with Crippen LogP contribution in [0.25, 0.3) is 0 Å². The van der Waals surface area contributed by atoms with Gasteiger partial charge in [0, 0.05) is 23.0 Å². The highest BCUT2D eigenvalue weighted by atomic mass is 79.9. The summed E-state index contributed by atoms with van der Waals surface area (Å²) in [5.74, 6) is 0.448. The molecule has 8 heteroatoms. The molecular formula is C19H23BrN2O4S. The predicted molar refractivity (Wildman–Crippen MR) is 108 cm³/mol. The van der Waals surface area contributed by atoms with Crippen molar-refractivity contribution in [2.24, 2.45) is 0 Å². The van der Waals surface area contributed by atoms with Gasteiger partial charge in [-0.2, -0.15) is 0 Å². The average molecular weight is 455 g/mol. The molecule has 0 spiro atoms. The first-order chi connectivity index (χ1) is 12.7. The van der Waals surface area contributed by atoms with Crippen molar-refractivity contribution in [3.05, 3.63) is 58.1 Å². The van der Waals surface area contributed by atoms with Crippen molar-refractivity contribution >= 4 is 31.9 Å². The van der Waals surface area contributed by atoms with E-state index in [0.717, 1.165) is 11.1 Å². The second-order valence-corrected chi connectivity index (χ2v) is 8.70. The Labute approximate surface area is 168 Å². The summed E-state index contributed by atoms with van der Waals surface area (Å²) in [6.07, 6.45) is 0.0299. The predicted octanol–water partition coefficient (Wildman–Crippen LogP) is 3.31. The minimum absolute atomic E-state index is 0.00712. The fraction of sp³-hybridized carbons (Fsp3) is 0.316. The molecule has 2 aromatic carbocycles. The van der Waals surface area contributed by atoms with E-state index in [2.05, 4.69) is 26.0 Å². The van der Waals surface area contributed by atoms with Gasteiger partial charge < -0.3 is 10.1 Å². The van der Waals surface area contributed by atoms with Crippen LogP contribution in [-0.2, 0) is 14.8 Å². The van der Waals surface area contributed by atoms with Crippen LogP contribution in [0, 0.1) is 6.92 Å². The molecule has 2 aromatic rings. The first kappa shape index (κ1) is 21.4. The van der Waals surface area contributed by atoms with E-state index in [-0.39, 0.29) is 29.8 Å². The maximum absolute atomic E-state index is 12.3. The lowest BCUT2D eigenvalue weighted by Crippen LogP contribution is -2.32. The average Bonchev–Trinajstić information content (AvgIpc) is 2.61. The van der Waals surface area contributed by atoms with Crippen LogP contribution in [0.4, 0.5) is 0 Å². The van der Waals surface area contributed by atoms with Crippen molar-refractivity contribution in [1.29, 1.82) is 0 Å². The minimum Gasteiger partial charge on any atom is -0.496 e. The van der Waals surface area contributed by atoms with E-state index in [0.29, 0.717) is 10.2 Å². The molecule has 6 nitrogen and oxygen atoms in total. The van der Waals surface area contributed by atoms with E-state index >= 15 is 0 Å². The molecule has 0 saturated heterocycles. The van der Waals surface area contributed by atoms with Gasteiger partial charge in [0.05, 0.1) is 18.0 Å². The number of sulfonamides is 1. The number of hydrogen-bond acceptors (Lipinski definition) is 4. The number of hydrogen-bond donors (Lipinski definition) is 2. The highest BCUT2D eigenvalue weighted by Gasteiger charge is 2.18. The Morgan fingerprint density at radius 3 is 2.59 bits per heavy atom. The second kappa shape index (κ2) is 9.34. The number of amides is 1. The molecule has 0 aromatic heterocycles. The Morgan fingerprint density at radius 1 is 1.22 bits per heavy atom. The van der Waals surface area contributed by atoms with Gasteiger partial charge in [0.25, 0.3) is 0 Å². The fourth-order valence-corrected chi connectivity index (χ4v) is 4.66. The van der Waals surface area contributed by atoms with Crippen LogP contribution in [0.3, 0.4) is 0 Å². The molecule has 2 N–H and O–H groups in total. The first-order valence-electron chi connectivity index (χ1n) is 8.42. The number of carbonyl (C=O) groups excluding carboxylic acids is 1. The molecule has 0 radical (unpaired) electrons. The summed E-state index contributed by atoms with van der Waals surface area (Å²) in [7, 11) is -2.10. The lowest BCUT2D eigenvalue weighted by molar-refractivity contribution is -0.121. The third-order valence-electron chi connectivity index (χ3n) is 4.00. The number of methoxy groups -OCH3 is 1. The topological polar surface area (TPSA) is 84.5 Å². The number of ether oxygens (including phenoxy) is 1. The van der Waals surface area contributed by atoms with Crippen LogP contribution < -0.4 is 14.8 Å². The van der Waals surface area contributed by atoms with Crippen molar-refractivity contribution in [1.82, 2.24) is 10.0 Å². The molecule has 0 saturated carbocycles. The zero-order valence-electron chi connectivity index (χ0n) is 15.5. The summed E-state index contributed by atoms with van der Waals surface area (Å²) in [6, 6.07) is 12.0. The van der Waals surface area contributed by atoms with Crippen LogP contribution in [-0.4, -0.2) is 28.0 Å². The van der Waals surface area contributed by atoms with Gasteiger partial charge in [0.2, 0.25) is 15.9 Å². The Morgan fingerprint density at radius 2 is 1.93 bits per heavy atom. The summed E-state index contributed by atoms with van der Waals surface area (Å²) < 4.78 is 32.9. The van der Waals surface area contributed by atoms with Crippen molar-refractivity contribution in [3.8, 4) is 5.75 Å². The molecule has 1 atom stereocenters. The van der Waals surface area contributed by atoms with E-state index in [1.807, 2.05) is 32.0 Å². The molecule has 1 amide bonds. The van der Waals surface area contributed by atoms with Crippen molar-refractivity contribution in [2.45, 2.75) is 31.2 Å². The van der Waals surface area contributed by atoms with Crippen LogP contribution >= 0.6 is 15.9 Å². The number of nitrogens with one attached hydrogen (secondary N) is 2. The maximum atomic E-state index is 12.3. The molecule has 0 heterocycles. The molecule has 0 bridgehead atoms. The van der Waals surface area contributed by atoms with Gasteiger partial charge in [-0.05, 0) is 48.0 Å². The van der Waals surface area contributed by atoms with Crippen LogP contribution in [0.5, 0.6) is 5.75 Å². The number of halogens is 1. The molecule has 0 aliphatic carbocycles. The summed E-state index contributed by atoms with van der Waals surface area (Å²) >= 11 is 3.22. The van der Waals surface area contributed by atoms with E-state index in [1.165, 1.54) is 6.07 Å². The SMILES string of the molecule is COc1ccc(C)cc1[C@@H](C)NC(=O)CCNS(=O)(=O)c1ccccc1Br. The first-order valence-corrected chi connectivity index (χ1v) is 10.7. The summed E-state index contributed by atoms with van der Waals surface area (Å²) in [5.41, 5.74) is 1.94. The molecular weight excluding hydrogens is 432 g/mol. The summed E-state index contributed by atoms with van der Waals surface area (Å²) in [5, 5.41) is 2.87. The van der Waals surface area contributed by atoms with Crippen molar-refractivity contribution in [3.63, 3.8) is 0 Å². The lowest BCUT2D eigenvalue weighted by atomic mass is 10.0. The minimum atomic E-state index is -3.68. The van der Waals surface area contributed by atoms with Gasteiger partial charge in [-0.3, -0.25) is 4.79 Å². The van der Waals surface area contributed by atoms with Gasteiger partial charge in [0.1, 0.15) is 5.75 Å². The zero-order valence-corrected chi connectivity index (χ0v) is 17.9. The van der Waals surface area contributed by atoms with E-state index in [9.17, 15) is 13.2 Å². The van der Waals surface area contributed by atoms with Gasteiger partial charge in [-0.15, -0.1) is 0 Å². The van der Waals surface area contributed by atoms with Gasteiger partial charge >= 0.3 is 0 Å². The molecule has 2 rings (SSSR count). The lowest BCUT2D eigenvalue weighted by Gasteiger charge is -2.18. The Hall–Kier alpha value is -1.90. The Balaban J connectivity index is 1.93. The summed E-state index contributed by atoms with van der Waals surface area (Å²) in [4.78, 5) is 12.3. The van der Waals surface area contributed by atoms with Gasteiger partial charge in [0.15, 0.2) is 0 Å². The smallest absolute Gasteiger partial charge is 0.241 e. The van der Waals surface area contributed by atoms with Crippen LogP contribution in [0.1, 0.15) is 30.5 Å².